The molecule has 1 unspecified atom stereocenters. The van der Waals surface area contributed by atoms with Gasteiger partial charge in [-0.3, -0.25) is 11.3 Å². The molecule has 0 heterocycles. The Morgan fingerprint density at radius 1 is 1.00 bits per heavy atom. The molecule has 3 aromatic rings. The van der Waals surface area contributed by atoms with Crippen molar-refractivity contribution >= 4 is 15.9 Å². The summed E-state index contributed by atoms with van der Waals surface area (Å²) in [6.07, 6.45) is 0.696. The molecule has 4 nitrogen and oxygen atoms in total. The third-order valence-corrected chi connectivity index (χ3v) is 4.87. The second kappa shape index (κ2) is 9.55. The second-order valence-corrected chi connectivity index (χ2v) is 7.14. The zero-order valence-corrected chi connectivity index (χ0v) is 16.8. The van der Waals surface area contributed by atoms with Crippen LogP contribution in [0.5, 0.6) is 11.5 Å². The van der Waals surface area contributed by atoms with E-state index in [4.69, 9.17) is 15.3 Å². The Morgan fingerprint density at radius 2 is 1.81 bits per heavy atom. The van der Waals surface area contributed by atoms with Gasteiger partial charge < -0.3 is 9.47 Å². The SMILES string of the molecule is COc1ccc(Br)cc1CC(NN)c1cccc(OCc2ccccc2)c1. The number of hydrogen-bond donors (Lipinski definition) is 2. The van der Waals surface area contributed by atoms with Crippen LogP contribution < -0.4 is 20.7 Å². The topological polar surface area (TPSA) is 56.5 Å². The van der Waals surface area contributed by atoms with E-state index in [9.17, 15) is 0 Å². The number of ether oxygens (including phenoxy) is 2. The van der Waals surface area contributed by atoms with Crippen LogP contribution in [0, 0.1) is 0 Å². The first-order valence-corrected chi connectivity index (χ1v) is 9.54. The molecule has 140 valence electrons. The van der Waals surface area contributed by atoms with Crippen molar-refractivity contribution in [3.05, 3.63) is 94.0 Å². The van der Waals surface area contributed by atoms with E-state index in [1.54, 1.807) is 7.11 Å². The Kier molecular flexibility index (Phi) is 6.87. The fourth-order valence-electron chi connectivity index (χ4n) is 2.96. The van der Waals surface area contributed by atoms with Gasteiger partial charge in [-0.1, -0.05) is 58.4 Å². The molecule has 0 aromatic heterocycles. The molecule has 27 heavy (non-hydrogen) atoms. The van der Waals surface area contributed by atoms with Gasteiger partial charge in [-0.2, -0.15) is 0 Å². The van der Waals surface area contributed by atoms with Crippen molar-refractivity contribution in [1.29, 1.82) is 0 Å². The number of halogens is 1. The number of benzene rings is 3. The van der Waals surface area contributed by atoms with Gasteiger partial charge in [0.2, 0.25) is 0 Å². The average molecular weight is 427 g/mol. The highest BCUT2D eigenvalue weighted by atomic mass is 79.9. The predicted molar refractivity (Wildman–Crippen MR) is 112 cm³/mol. The van der Waals surface area contributed by atoms with Crippen LogP contribution in [0.4, 0.5) is 0 Å². The molecule has 0 aliphatic rings. The molecule has 0 aliphatic carbocycles. The van der Waals surface area contributed by atoms with Crippen LogP contribution in [-0.2, 0) is 13.0 Å². The normalized spacial score (nSPS) is 11.8. The lowest BCUT2D eigenvalue weighted by Gasteiger charge is -2.19. The summed E-state index contributed by atoms with van der Waals surface area (Å²) in [5.74, 6) is 7.51. The van der Waals surface area contributed by atoms with Gasteiger partial charge in [-0.15, -0.1) is 0 Å². The van der Waals surface area contributed by atoms with Crippen LogP contribution in [0.15, 0.2) is 77.3 Å². The van der Waals surface area contributed by atoms with Crippen LogP contribution in [0.2, 0.25) is 0 Å². The van der Waals surface area contributed by atoms with Crippen LogP contribution in [0.25, 0.3) is 0 Å². The number of nitrogens with one attached hydrogen (secondary N) is 1. The molecule has 3 N–H and O–H groups in total. The van der Waals surface area contributed by atoms with Crippen molar-refractivity contribution in [3.8, 4) is 11.5 Å². The van der Waals surface area contributed by atoms with Gasteiger partial charge in [0.1, 0.15) is 18.1 Å². The monoisotopic (exact) mass is 426 g/mol. The lowest BCUT2D eigenvalue weighted by Crippen LogP contribution is -2.29. The second-order valence-electron chi connectivity index (χ2n) is 6.23. The summed E-state index contributed by atoms with van der Waals surface area (Å²) in [6, 6.07) is 24.0. The summed E-state index contributed by atoms with van der Waals surface area (Å²) < 4.78 is 12.4. The highest BCUT2D eigenvalue weighted by molar-refractivity contribution is 9.10. The summed E-state index contributed by atoms with van der Waals surface area (Å²) >= 11 is 3.52. The fraction of sp³-hybridized carbons (Fsp3) is 0.182. The zero-order chi connectivity index (χ0) is 19.1. The molecule has 3 aromatic carbocycles. The number of nitrogens with two attached hydrogens (primary N) is 1. The molecule has 0 bridgehead atoms. The van der Waals surface area contributed by atoms with Gasteiger partial charge in [0.05, 0.1) is 13.2 Å². The molecule has 0 radical (unpaired) electrons. The fourth-order valence-corrected chi connectivity index (χ4v) is 3.37. The minimum absolute atomic E-state index is 0.0616. The van der Waals surface area contributed by atoms with Crippen molar-refractivity contribution in [2.75, 3.05) is 7.11 Å². The van der Waals surface area contributed by atoms with Gasteiger partial charge in [-0.05, 0) is 53.4 Å². The van der Waals surface area contributed by atoms with Gasteiger partial charge in [0, 0.05) is 4.47 Å². The van der Waals surface area contributed by atoms with Crippen LogP contribution in [0.1, 0.15) is 22.7 Å². The maximum atomic E-state index is 5.94. The first-order chi connectivity index (χ1) is 13.2. The third-order valence-electron chi connectivity index (χ3n) is 4.38. The van der Waals surface area contributed by atoms with E-state index in [1.807, 2.05) is 66.7 Å². The van der Waals surface area contributed by atoms with Crippen LogP contribution >= 0.6 is 15.9 Å². The molecule has 3 rings (SSSR count). The van der Waals surface area contributed by atoms with Gasteiger partial charge in [-0.25, -0.2) is 0 Å². The number of hydrazine groups is 1. The number of hydrogen-bond acceptors (Lipinski definition) is 4. The third kappa shape index (κ3) is 5.32. The molecule has 0 fully saturated rings. The zero-order valence-electron chi connectivity index (χ0n) is 15.2. The van der Waals surface area contributed by atoms with Gasteiger partial charge >= 0.3 is 0 Å². The van der Waals surface area contributed by atoms with Crippen molar-refractivity contribution in [1.82, 2.24) is 5.43 Å². The highest BCUT2D eigenvalue weighted by Crippen LogP contribution is 2.29. The Bertz CT molecular complexity index is 871. The standard InChI is InChI=1S/C22H23BrN2O2/c1-26-22-11-10-19(23)12-18(22)14-21(25-24)17-8-5-9-20(13-17)27-15-16-6-3-2-4-7-16/h2-13,21,25H,14-15,24H2,1H3. The summed E-state index contributed by atoms with van der Waals surface area (Å²) in [6.45, 7) is 0.532. The van der Waals surface area contributed by atoms with E-state index in [0.29, 0.717) is 13.0 Å². The van der Waals surface area contributed by atoms with E-state index in [1.165, 1.54) is 0 Å². The summed E-state index contributed by atoms with van der Waals surface area (Å²) in [4.78, 5) is 0. The summed E-state index contributed by atoms with van der Waals surface area (Å²) in [7, 11) is 1.68. The first kappa shape index (κ1) is 19.4. The smallest absolute Gasteiger partial charge is 0.122 e. The van der Waals surface area contributed by atoms with E-state index in [-0.39, 0.29) is 6.04 Å². The lowest BCUT2D eigenvalue weighted by molar-refractivity contribution is 0.305. The van der Waals surface area contributed by atoms with E-state index in [2.05, 4.69) is 27.4 Å². The molecular formula is C22H23BrN2O2. The summed E-state index contributed by atoms with van der Waals surface area (Å²) in [5, 5.41) is 0. The molecule has 1 atom stereocenters. The van der Waals surface area contributed by atoms with Gasteiger partial charge in [0.25, 0.3) is 0 Å². The maximum Gasteiger partial charge on any atom is 0.122 e. The molecule has 0 amide bonds. The van der Waals surface area contributed by atoms with E-state index < -0.39 is 0 Å². The molecular weight excluding hydrogens is 404 g/mol. The maximum absolute atomic E-state index is 5.94. The Hall–Kier alpha value is -2.34. The Labute approximate surface area is 168 Å². The number of methoxy groups -OCH3 is 1. The van der Waals surface area contributed by atoms with Crippen molar-refractivity contribution in [2.45, 2.75) is 19.1 Å². The Morgan fingerprint density at radius 3 is 2.56 bits per heavy atom. The van der Waals surface area contributed by atoms with E-state index >= 15 is 0 Å². The molecule has 0 aliphatic heterocycles. The Balaban J connectivity index is 1.75. The summed E-state index contributed by atoms with van der Waals surface area (Å²) in [5.41, 5.74) is 6.18. The minimum Gasteiger partial charge on any atom is -0.496 e. The van der Waals surface area contributed by atoms with E-state index in [0.717, 1.165) is 32.7 Å². The van der Waals surface area contributed by atoms with Crippen LogP contribution in [0.3, 0.4) is 0 Å². The van der Waals surface area contributed by atoms with Crippen molar-refractivity contribution in [2.24, 2.45) is 5.84 Å². The number of rotatable bonds is 8. The molecule has 0 saturated heterocycles. The average Bonchev–Trinajstić information content (AvgIpc) is 2.71. The van der Waals surface area contributed by atoms with Crippen molar-refractivity contribution < 1.29 is 9.47 Å². The largest absolute Gasteiger partial charge is 0.496 e. The van der Waals surface area contributed by atoms with Crippen LogP contribution in [-0.4, -0.2) is 7.11 Å². The first-order valence-electron chi connectivity index (χ1n) is 8.75. The predicted octanol–water partition coefficient (Wildman–Crippen LogP) is 4.78. The van der Waals surface area contributed by atoms with Crippen molar-refractivity contribution in [3.63, 3.8) is 0 Å². The molecule has 0 spiro atoms. The quantitative estimate of drug-likeness (QED) is 0.401. The highest BCUT2D eigenvalue weighted by Gasteiger charge is 2.15. The minimum atomic E-state index is -0.0616. The molecule has 0 saturated carbocycles. The molecule has 5 heteroatoms. The van der Waals surface area contributed by atoms with Gasteiger partial charge in [0.15, 0.2) is 0 Å². The lowest BCUT2D eigenvalue weighted by atomic mass is 9.98.